The molecular weight excluding hydrogens is 268 g/mol. The highest BCUT2D eigenvalue weighted by atomic mass is 16.6. The van der Waals surface area contributed by atoms with Crippen LogP contribution in [0.5, 0.6) is 17.2 Å². The smallest absolute Gasteiger partial charge is 0.163 e. The molecule has 0 aliphatic carbocycles. The third-order valence-electron chi connectivity index (χ3n) is 3.62. The van der Waals surface area contributed by atoms with Gasteiger partial charge in [0.05, 0.1) is 11.0 Å². The Labute approximate surface area is 121 Å². The molecule has 0 bridgehead atoms. The Hall–Kier alpha value is -2.69. The van der Waals surface area contributed by atoms with Gasteiger partial charge in [0.1, 0.15) is 24.8 Å². The van der Waals surface area contributed by atoms with Crippen LogP contribution in [0.15, 0.2) is 30.3 Å². The van der Waals surface area contributed by atoms with Crippen LogP contribution in [0, 0.1) is 6.92 Å². The van der Waals surface area contributed by atoms with E-state index in [9.17, 15) is 5.11 Å². The van der Waals surface area contributed by atoms with Gasteiger partial charge in [0.25, 0.3) is 0 Å². The summed E-state index contributed by atoms with van der Waals surface area (Å²) in [6.07, 6.45) is 0. The number of rotatable bonds is 1. The third kappa shape index (κ3) is 1.98. The number of phenolic OH excluding ortho intramolecular Hbond substituents is 1. The highest BCUT2D eigenvalue weighted by Crippen LogP contribution is 2.35. The summed E-state index contributed by atoms with van der Waals surface area (Å²) in [5, 5.41) is 9.61. The Morgan fingerprint density at radius 3 is 2.62 bits per heavy atom. The molecule has 4 rings (SSSR count). The molecular formula is C16H14N2O3. The minimum absolute atomic E-state index is 0.284. The van der Waals surface area contributed by atoms with Crippen LogP contribution in [0.1, 0.15) is 5.56 Å². The summed E-state index contributed by atoms with van der Waals surface area (Å²) in [5.41, 5.74) is 3.49. The molecule has 1 aliphatic rings. The van der Waals surface area contributed by atoms with E-state index in [0.717, 1.165) is 39.5 Å². The molecule has 0 saturated carbocycles. The normalized spacial score (nSPS) is 13.6. The summed E-state index contributed by atoms with van der Waals surface area (Å²) < 4.78 is 11.1. The van der Waals surface area contributed by atoms with Gasteiger partial charge in [-0.05, 0) is 30.7 Å². The van der Waals surface area contributed by atoms with Crippen LogP contribution >= 0.6 is 0 Å². The lowest BCUT2D eigenvalue weighted by Gasteiger charge is -2.17. The summed E-state index contributed by atoms with van der Waals surface area (Å²) >= 11 is 0. The van der Waals surface area contributed by atoms with Crippen LogP contribution in [0.25, 0.3) is 22.4 Å². The van der Waals surface area contributed by atoms with Crippen molar-refractivity contribution in [2.75, 3.05) is 13.2 Å². The summed E-state index contributed by atoms with van der Waals surface area (Å²) in [6, 6.07) is 9.21. The van der Waals surface area contributed by atoms with Gasteiger partial charge in [0.15, 0.2) is 11.5 Å². The van der Waals surface area contributed by atoms with E-state index in [0.29, 0.717) is 13.2 Å². The Morgan fingerprint density at radius 2 is 1.86 bits per heavy atom. The summed E-state index contributed by atoms with van der Waals surface area (Å²) in [6.45, 7) is 2.99. The predicted octanol–water partition coefficient (Wildman–Crippen LogP) is 3.02. The molecule has 5 heteroatoms. The molecule has 0 fully saturated rings. The van der Waals surface area contributed by atoms with E-state index in [1.807, 2.05) is 31.2 Å². The number of phenols is 1. The van der Waals surface area contributed by atoms with Gasteiger partial charge >= 0.3 is 0 Å². The summed E-state index contributed by atoms with van der Waals surface area (Å²) in [5.74, 6) is 2.52. The molecule has 0 saturated heterocycles. The van der Waals surface area contributed by atoms with Crippen LogP contribution in [0.4, 0.5) is 0 Å². The van der Waals surface area contributed by atoms with Crippen LogP contribution < -0.4 is 9.47 Å². The Balaban J connectivity index is 1.84. The van der Waals surface area contributed by atoms with Crippen molar-refractivity contribution in [1.29, 1.82) is 0 Å². The molecule has 2 heterocycles. The highest BCUT2D eigenvalue weighted by Gasteiger charge is 2.15. The van der Waals surface area contributed by atoms with Crippen molar-refractivity contribution in [3.05, 3.63) is 35.9 Å². The van der Waals surface area contributed by atoms with E-state index in [2.05, 4.69) is 9.97 Å². The number of benzene rings is 2. The fraction of sp³-hybridized carbons (Fsp3) is 0.188. The predicted molar refractivity (Wildman–Crippen MR) is 78.9 cm³/mol. The lowest BCUT2D eigenvalue weighted by atomic mass is 10.1. The maximum atomic E-state index is 9.61. The van der Waals surface area contributed by atoms with E-state index >= 15 is 0 Å². The zero-order chi connectivity index (χ0) is 14.4. The van der Waals surface area contributed by atoms with Crippen molar-refractivity contribution in [2.24, 2.45) is 0 Å². The number of imidazole rings is 1. The Morgan fingerprint density at radius 1 is 1.10 bits per heavy atom. The molecule has 1 aliphatic heterocycles. The number of nitrogens with one attached hydrogen (secondary N) is 1. The zero-order valence-corrected chi connectivity index (χ0v) is 11.5. The van der Waals surface area contributed by atoms with Crippen LogP contribution in [-0.4, -0.2) is 28.3 Å². The average Bonchev–Trinajstić information content (AvgIpc) is 2.90. The maximum absolute atomic E-state index is 9.61. The highest BCUT2D eigenvalue weighted by molar-refractivity contribution is 5.83. The monoisotopic (exact) mass is 282 g/mol. The van der Waals surface area contributed by atoms with Gasteiger partial charge in [-0.1, -0.05) is 0 Å². The quantitative estimate of drug-likeness (QED) is 0.720. The van der Waals surface area contributed by atoms with Crippen molar-refractivity contribution in [3.8, 4) is 28.6 Å². The molecule has 106 valence electrons. The summed E-state index contributed by atoms with van der Waals surface area (Å²) in [4.78, 5) is 7.87. The van der Waals surface area contributed by atoms with E-state index in [-0.39, 0.29) is 5.75 Å². The van der Waals surface area contributed by atoms with Crippen LogP contribution in [0.3, 0.4) is 0 Å². The van der Waals surface area contributed by atoms with Gasteiger partial charge in [-0.15, -0.1) is 0 Å². The molecule has 5 nitrogen and oxygen atoms in total. The molecule has 21 heavy (non-hydrogen) atoms. The van der Waals surface area contributed by atoms with Gasteiger partial charge in [-0.25, -0.2) is 4.98 Å². The average molecular weight is 282 g/mol. The number of hydrogen-bond acceptors (Lipinski definition) is 4. The molecule has 2 N–H and O–H groups in total. The largest absolute Gasteiger partial charge is 0.508 e. The number of aromatic amines is 1. The Kier molecular flexibility index (Phi) is 2.54. The van der Waals surface area contributed by atoms with Gasteiger partial charge < -0.3 is 19.6 Å². The van der Waals surface area contributed by atoms with E-state index < -0.39 is 0 Å². The first-order chi connectivity index (χ1) is 10.2. The van der Waals surface area contributed by atoms with Crippen molar-refractivity contribution >= 4 is 11.0 Å². The van der Waals surface area contributed by atoms with E-state index in [1.165, 1.54) is 0 Å². The first kappa shape index (κ1) is 12.1. The number of aromatic hydroxyl groups is 1. The lowest BCUT2D eigenvalue weighted by Crippen LogP contribution is -2.15. The molecule has 2 aromatic carbocycles. The van der Waals surface area contributed by atoms with Crippen molar-refractivity contribution < 1.29 is 14.6 Å². The third-order valence-corrected chi connectivity index (χ3v) is 3.62. The van der Waals surface area contributed by atoms with Crippen molar-refractivity contribution in [2.45, 2.75) is 6.92 Å². The summed E-state index contributed by atoms with van der Waals surface area (Å²) in [7, 11) is 0. The first-order valence-electron chi connectivity index (χ1n) is 6.80. The number of aryl methyl sites for hydroxylation is 1. The van der Waals surface area contributed by atoms with Crippen molar-refractivity contribution in [3.63, 3.8) is 0 Å². The lowest BCUT2D eigenvalue weighted by molar-refractivity contribution is 0.172. The minimum Gasteiger partial charge on any atom is -0.508 e. The van der Waals surface area contributed by atoms with Gasteiger partial charge in [-0.2, -0.15) is 0 Å². The Bertz CT molecular complexity index is 796. The minimum atomic E-state index is 0.284. The second-order valence-corrected chi connectivity index (χ2v) is 5.10. The molecule has 3 aromatic rings. The second-order valence-electron chi connectivity index (χ2n) is 5.10. The van der Waals surface area contributed by atoms with Gasteiger partial charge in [-0.3, -0.25) is 0 Å². The number of nitrogens with zero attached hydrogens (tertiary/aromatic N) is 1. The maximum Gasteiger partial charge on any atom is 0.163 e. The zero-order valence-electron chi connectivity index (χ0n) is 11.5. The standard InChI is InChI=1S/C16H14N2O3/c1-9-6-10(2-3-13(9)19)16-17-11-7-14-15(8-12(11)18-16)21-5-4-20-14/h2-3,6-8,19H,4-5H2,1H3,(H,17,18). The molecule has 0 spiro atoms. The fourth-order valence-corrected chi connectivity index (χ4v) is 2.49. The van der Waals surface area contributed by atoms with E-state index in [4.69, 9.17) is 9.47 Å². The number of hydrogen-bond donors (Lipinski definition) is 2. The van der Waals surface area contributed by atoms with Crippen LogP contribution in [-0.2, 0) is 0 Å². The van der Waals surface area contributed by atoms with Gasteiger partial charge in [0.2, 0.25) is 0 Å². The molecule has 0 radical (unpaired) electrons. The first-order valence-corrected chi connectivity index (χ1v) is 6.80. The number of ether oxygens (including phenoxy) is 2. The molecule has 0 unspecified atom stereocenters. The fourth-order valence-electron chi connectivity index (χ4n) is 2.49. The molecule has 1 aromatic heterocycles. The molecule has 0 atom stereocenters. The molecule has 0 amide bonds. The van der Waals surface area contributed by atoms with Gasteiger partial charge in [0, 0.05) is 17.7 Å². The number of fused-ring (bicyclic) bond motifs is 2. The van der Waals surface area contributed by atoms with E-state index in [1.54, 1.807) is 6.07 Å². The van der Waals surface area contributed by atoms with Crippen molar-refractivity contribution in [1.82, 2.24) is 9.97 Å². The SMILES string of the molecule is Cc1cc(-c2nc3cc4c(cc3[nH]2)OCCO4)ccc1O. The number of H-pyrrole nitrogens is 1. The second kappa shape index (κ2) is 4.41. The topological polar surface area (TPSA) is 67.4 Å². The number of aromatic nitrogens is 2. The van der Waals surface area contributed by atoms with Crippen LogP contribution in [0.2, 0.25) is 0 Å².